The Labute approximate surface area is 180 Å². The van der Waals surface area contributed by atoms with Gasteiger partial charge in [0, 0.05) is 16.2 Å². The first kappa shape index (κ1) is 20.3. The molecule has 0 bridgehead atoms. The van der Waals surface area contributed by atoms with E-state index < -0.39 is 6.10 Å². The summed E-state index contributed by atoms with van der Waals surface area (Å²) in [5, 5.41) is 15.0. The van der Waals surface area contributed by atoms with Crippen LogP contribution in [0.25, 0.3) is 22.5 Å². The van der Waals surface area contributed by atoms with Gasteiger partial charge in [-0.05, 0) is 36.2 Å². The van der Waals surface area contributed by atoms with Gasteiger partial charge in [-0.15, -0.1) is 11.8 Å². The van der Waals surface area contributed by atoms with Crippen LogP contribution < -0.4 is 4.74 Å². The van der Waals surface area contributed by atoms with E-state index in [1.807, 2.05) is 61.5 Å². The highest BCUT2D eigenvalue weighted by Gasteiger charge is 2.22. The minimum absolute atomic E-state index is 0.490. The summed E-state index contributed by atoms with van der Waals surface area (Å²) in [7, 11) is 1.65. The Morgan fingerprint density at radius 1 is 0.933 bits per heavy atom. The van der Waals surface area contributed by atoms with E-state index in [2.05, 4.69) is 29.4 Å². The number of aromatic nitrogens is 1. The molecule has 3 aromatic carbocycles. The SMILES string of the molecule is COc1cccc(SCC(O)c2c(C)noc2-c2ccc(-c3ccccc3)cc2)c1. The first-order valence-corrected chi connectivity index (χ1v) is 10.7. The molecule has 0 saturated heterocycles. The maximum Gasteiger partial charge on any atom is 0.172 e. The van der Waals surface area contributed by atoms with Crippen molar-refractivity contribution >= 4 is 11.8 Å². The fourth-order valence-corrected chi connectivity index (χ4v) is 4.26. The van der Waals surface area contributed by atoms with E-state index >= 15 is 0 Å². The quantitative estimate of drug-likeness (QED) is 0.365. The van der Waals surface area contributed by atoms with Gasteiger partial charge in [0.25, 0.3) is 0 Å². The summed E-state index contributed by atoms with van der Waals surface area (Å²) in [6.07, 6.45) is -0.698. The van der Waals surface area contributed by atoms with E-state index in [0.29, 0.717) is 17.2 Å². The third-order valence-electron chi connectivity index (χ3n) is 4.94. The lowest BCUT2D eigenvalue weighted by Gasteiger charge is -2.12. The van der Waals surface area contributed by atoms with Gasteiger partial charge < -0.3 is 14.4 Å². The molecule has 1 atom stereocenters. The molecule has 0 spiro atoms. The molecule has 0 aliphatic rings. The van der Waals surface area contributed by atoms with E-state index in [4.69, 9.17) is 9.26 Å². The topological polar surface area (TPSA) is 55.5 Å². The van der Waals surface area contributed by atoms with Crippen molar-refractivity contribution in [1.82, 2.24) is 5.16 Å². The van der Waals surface area contributed by atoms with Crippen molar-refractivity contribution < 1.29 is 14.4 Å². The lowest BCUT2D eigenvalue weighted by atomic mass is 10.00. The fraction of sp³-hybridized carbons (Fsp3) is 0.160. The van der Waals surface area contributed by atoms with Crippen LogP contribution in [0, 0.1) is 6.92 Å². The molecular formula is C25H23NO3S. The van der Waals surface area contributed by atoms with Gasteiger partial charge in [0.2, 0.25) is 0 Å². The molecule has 4 nitrogen and oxygen atoms in total. The Bertz CT molecular complexity index is 1110. The van der Waals surface area contributed by atoms with Crippen LogP contribution >= 0.6 is 11.8 Å². The minimum Gasteiger partial charge on any atom is -0.497 e. The first-order valence-electron chi connectivity index (χ1n) is 9.72. The lowest BCUT2D eigenvalue weighted by Crippen LogP contribution is -2.03. The van der Waals surface area contributed by atoms with E-state index in [9.17, 15) is 5.11 Å². The maximum atomic E-state index is 10.9. The fourth-order valence-electron chi connectivity index (χ4n) is 3.37. The summed E-state index contributed by atoms with van der Waals surface area (Å²) in [5.74, 6) is 1.91. The second-order valence-electron chi connectivity index (χ2n) is 6.96. The molecule has 4 rings (SSSR count). The van der Waals surface area contributed by atoms with Crippen LogP contribution in [-0.2, 0) is 0 Å². The molecule has 1 N–H and O–H groups in total. The third kappa shape index (κ3) is 4.42. The molecule has 1 aromatic heterocycles. The third-order valence-corrected chi connectivity index (χ3v) is 6.01. The molecule has 30 heavy (non-hydrogen) atoms. The smallest absolute Gasteiger partial charge is 0.172 e. The summed E-state index contributed by atoms with van der Waals surface area (Å²) < 4.78 is 10.9. The summed E-state index contributed by atoms with van der Waals surface area (Å²) in [4.78, 5) is 1.04. The summed E-state index contributed by atoms with van der Waals surface area (Å²) in [5.41, 5.74) is 4.63. The van der Waals surface area contributed by atoms with Gasteiger partial charge in [0.05, 0.1) is 24.5 Å². The number of rotatable bonds is 7. The van der Waals surface area contributed by atoms with Gasteiger partial charge in [0.1, 0.15) is 5.75 Å². The Morgan fingerprint density at radius 3 is 2.37 bits per heavy atom. The number of aliphatic hydroxyl groups is 1. The molecule has 1 heterocycles. The van der Waals surface area contributed by atoms with E-state index in [1.54, 1.807) is 18.9 Å². The molecule has 4 aromatic rings. The number of hydrogen-bond acceptors (Lipinski definition) is 5. The Balaban J connectivity index is 1.53. The molecule has 0 amide bonds. The number of aryl methyl sites for hydroxylation is 1. The van der Waals surface area contributed by atoms with Gasteiger partial charge in [0.15, 0.2) is 5.76 Å². The monoisotopic (exact) mass is 417 g/mol. The largest absolute Gasteiger partial charge is 0.497 e. The normalized spacial score (nSPS) is 12.0. The van der Waals surface area contributed by atoms with Gasteiger partial charge >= 0.3 is 0 Å². The van der Waals surface area contributed by atoms with Crippen LogP contribution in [0.4, 0.5) is 0 Å². The summed E-state index contributed by atoms with van der Waals surface area (Å²) in [6, 6.07) is 26.2. The molecule has 0 aliphatic heterocycles. The summed E-state index contributed by atoms with van der Waals surface area (Å²) in [6.45, 7) is 1.86. The molecule has 0 aliphatic carbocycles. The average Bonchev–Trinajstić information content (AvgIpc) is 3.19. The Hall–Kier alpha value is -3.02. The number of ether oxygens (including phenoxy) is 1. The number of methoxy groups -OCH3 is 1. The predicted molar refractivity (Wildman–Crippen MR) is 121 cm³/mol. The average molecular weight is 418 g/mol. The number of hydrogen-bond donors (Lipinski definition) is 1. The van der Waals surface area contributed by atoms with Crippen LogP contribution in [0.2, 0.25) is 0 Å². The molecule has 5 heteroatoms. The standard InChI is InChI=1S/C25H23NO3S/c1-17-24(23(27)16-30-22-10-6-9-21(15-22)28-2)25(29-26-17)20-13-11-19(12-14-20)18-7-4-3-5-8-18/h3-15,23,27H,16H2,1-2H3. The molecule has 152 valence electrons. The minimum atomic E-state index is -0.698. The van der Waals surface area contributed by atoms with Crippen molar-refractivity contribution in [2.45, 2.75) is 17.9 Å². The van der Waals surface area contributed by atoms with Crippen LogP contribution in [-0.4, -0.2) is 23.1 Å². The van der Waals surface area contributed by atoms with Crippen molar-refractivity contribution in [1.29, 1.82) is 0 Å². The van der Waals surface area contributed by atoms with Gasteiger partial charge in [-0.25, -0.2) is 0 Å². The molecular weight excluding hydrogens is 394 g/mol. The Kier molecular flexibility index (Phi) is 6.21. The van der Waals surface area contributed by atoms with Crippen molar-refractivity contribution in [3.05, 3.63) is 90.1 Å². The zero-order valence-electron chi connectivity index (χ0n) is 16.9. The molecule has 0 fully saturated rings. The zero-order valence-corrected chi connectivity index (χ0v) is 17.7. The van der Waals surface area contributed by atoms with Crippen molar-refractivity contribution in [2.24, 2.45) is 0 Å². The van der Waals surface area contributed by atoms with E-state index in [-0.39, 0.29) is 0 Å². The number of nitrogens with zero attached hydrogens (tertiary/aromatic N) is 1. The highest BCUT2D eigenvalue weighted by molar-refractivity contribution is 7.99. The number of thioether (sulfide) groups is 1. The molecule has 1 unspecified atom stereocenters. The van der Waals surface area contributed by atoms with E-state index in [1.165, 1.54) is 0 Å². The Morgan fingerprint density at radius 2 is 1.63 bits per heavy atom. The first-order chi connectivity index (χ1) is 14.7. The van der Waals surface area contributed by atoms with Crippen molar-refractivity contribution in [2.75, 3.05) is 12.9 Å². The van der Waals surface area contributed by atoms with Crippen molar-refractivity contribution in [3.63, 3.8) is 0 Å². The zero-order chi connectivity index (χ0) is 20.9. The van der Waals surface area contributed by atoms with Crippen LogP contribution in [0.3, 0.4) is 0 Å². The second-order valence-corrected chi connectivity index (χ2v) is 8.05. The number of aliphatic hydroxyl groups excluding tert-OH is 1. The van der Waals surface area contributed by atoms with Crippen molar-refractivity contribution in [3.8, 4) is 28.2 Å². The predicted octanol–water partition coefficient (Wildman–Crippen LogP) is 6.15. The molecule has 0 radical (unpaired) electrons. The van der Waals surface area contributed by atoms with Crippen LogP contribution in [0.5, 0.6) is 5.75 Å². The van der Waals surface area contributed by atoms with E-state index in [0.717, 1.165) is 32.9 Å². The highest BCUT2D eigenvalue weighted by Crippen LogP contribution is 2.35. The van der Waals surface area contributed by atoms with Gasteiger partial charge in [-0.2, -0.15) is 0 Å². The van der Waals surface area contributed by atoms with Gasteiger partial charge in [-0.1, -0.05) is 65.8 Å². The van der Waals surface area contributed by atoms with Gasteiger partial charge in [-0.3, -0.25) is 0 Å². The highest BCUT2D eigenvalue weighted by atomic mass is 32.2. The lowest BCUT2D eigenvalue weighted by molar-refractivity contribution is 0.203. The molecule has 0 saturated carbocycles. The van der Waals surface area contributed by atoms with Crippen LogP contribution in [0.1, 0.15) is 17.4 Å². The second kappa shape index (κ2) is 9.20. The van der Waals surface area contributed by atoms with Crippen LogP contribution in [0.15, 0.2) is 88.3 Å². The number of benzene rings is 3. The summed E-state index contributed by atoms with van der Waals surface area (Å²) >= 11 is 1.57. The maximum absolute atomic E-state index is 10.9.